The highest BCUT2D eigenvalue weighted by Gasteiger charge is 2.20. The molecule has 0 unspecified atom stereocenters. The second kappa shape index (κ2) is 22.5. The molecule has 4 nitrogen and oxygen atoms in total. The highest BCUT2D eigenvalue weighted by atomic mass is 15.0. The van der Waals surface area contributed by atoms with E-state index in [9.17, 15) is 0 Å². The lowest BCUT2D eigenvalue weighted by Crippen LogP contribution is -1.93. The van der Waals surface area contributed by atoms with Crippen LogP contribution >= 0.6 is 0 Å². The van der Waals surface area contributed by atoms with Gasteiger partial charge in [-0.1, -0.05) is 231 Å². The van der Waals surface area contributed by atoms with Crippen LogP contribution in [0.4, 0.5) is 0 Å². The number of para-hydroxylation sites is 8. The predicted octanol–water partition coefficient (Wildman–Crippen LogP) is 24.7. The zero-order valence-electron chi connectivity index (χ0n) is 52.4. The highest BCUT2D eigenvalue weighted by molar-refractivity contribution is 6.16. The fourth-order valence-electron chi connectivity index (χ4n) is 15.4. The largest absolute Gasteiger partial charge is 0.309 e. The maximum Gasteiger partial charge on any atom is 0.0541 e. The average molecular weight is 1220 g/mol. The molecule has 448 valence electrons. The van der Waals surface area contributed by atoms with Gasteiger partial charge in [-0.15, -0.1) is 0 Å². The maximum atomic E-state index is 2.38. The Bertz CT molecular complexity index is 6030. The number of rotatable bonds is 8. The van der Waals surface area contributed by atoms with E-state index < -0.39 is 0 Å². The van der Waals surface area contributed by atoms with Crippen molar-refractivity contribution in [3.63, 3.8) is 0 Å². The van der Waals surface area contributed by atoms with Crippen LogP contribution < -0.4 is 0 Å². The summed E-state index contributed by atoms with van der Waals surface area (Å²) in [6.45, 7) is 0. The normalized spacial score (nSPS) is 11.8. The Balaban J connectivity index is 0.000000135. The van der Waals surface area contributed by atoms with E-state index in [2.05, 4.69) is 382 Å². The summed E-state index contributed by atoms with van der Waals surface area (Å²) in [6, 6.07) is 132. The molecule has 0 aliphatic carbocycles. The van der Waals surface area contributed by atoms with E-state index in [0.29, 0.717) is 0 Å². The second-order valence-corrected chi connectivity index (χ2v) is 25.2. The lowest BCUT2D eigenvalue weighted by Gasteiger charge is -2.13. The van der Waals surface area contributed by atoms with Gasteiger partial charge < -0.3 is 18.3 Å². The first-order valence-electron chi connectivity index (χ1n) is 33.1. The van der Waals surface area contributed by atoms with Crippen LogP contribution in [0.2, 0.25) is 0 Å². The zero-order valence-corrected chi connectivity index (χ0v) is 52.4. The Morgan fingerprint density at radius 1 is 0.135 bits per heavy atom. The fourth-order valence-corrected chi connectivity index (χ4v) is 15.4. The van der Waals surface area contributed by atoms with Gasteiger partial charge >= 0.3 is 0 Å². The third-order valence-corrected chi connectivity index (χ3v) is 19.8. The topological polar surface area (TPSA) is 19.7 Å². The monoisotopic (exact) mass is 1220 g/mol. The van der Waals surface area contributed by atoms with Crippen molar-refractivity contribution in [1.82, 2.24) is 18.3 Å². The van der Waals surface area contributed by atoms with Gasteiger partial charge in [0.25, 0.3) is 0 Å². The van der Waals surface area contributed by atoms with E-state index in [4.69, 9.17) is 0 Å². The summed E-state index contributed by atoms with van der Waals surface area (Å²) < 4.78 is 9.49. The standard InChI is InChI=1S/2C46H30N2/c1-3-13-33(14-4-1)47-43-23-9-7-17-39(43)41-29-31(25-27-45(41)47)35-19-11-22-38-36(20-12-21-37(35)38)32-26-28-46-42(30-32)40-18-8-10-24-44(40)48(46)34-15-5-2-6-16-34;1-3-11-37(12-4-1)47-43-17-9-7-15-39(43)41-29-35(23-25-45(41)47)33-21-19-32-28-34(22-20-31(32)27-33)36-24-26-46-42(30-36)40-16-8-10-18-44(40)48(46)38-13-5-2-6-14-38/h2*1-30H. The summed E-state index contributed by atoms with van der Waals surface area (Å²) in [5, 5.41) is 15.1. The van der Waals surface area contributed by atoms with Gasteiger partial charge in [-0.05, 0) is 200 Å². The van der Waals surface area contributed by atoms with Crippen molar-refractivity contribution in [1.29, 1.82) is 0 Å². The van der Waals surface area contributed by atoms with Gasteiger partial charge in [-0.2, -0.15) is 0 Å². The molecule has 20 rings (SSSR count). The zero-order chi connectivity index (χ0) is 63.2. The van der Waals surface area contributed by atoms with Crippen LogP contribution in [0.5, 0.6) is 0 Å². The van der Waals surface area contributed by atoms with Crippen LogP contribution in [0, 0.1) is 0 Å². The lowest BCUT2D eigenvalue weighted by atomic mass is 9.92. The molecule has 0 bridgehead atoms. The fraction of sp³-hybridized carbons (Fsp3) is 0. The SMILES string of the molecule is c1ccc(-n2c3ccccc3c3cc(-c4ccc5cc(-c6ccc7c(c6)c6ccccc6n7-c6ccccc6)ccc5c4)ccc32)cc1.c1ccc(-n2c3ccccc3c3cc(-c4cccc5c(-c6ccc7c(c6)c6ccccc6n7-c6ccccc6)cccc45)ccc32)cc1. The smallest absolute Gasteiger partial charge is 0.0541 e. The average Bonchev–Trinajstić information content (AvgIpc) is 1.61. The van der Waals surface area contributed by atoms with E-state index in [1.54, 1.807) is 0 Å². The van der Waals surface area contributed by atoms with Crippen molar-refractivity contribution in [2.24, 2.45) is 0 Å². The summed E-state index contributed by atoms with van der Waals surface area (Å²) in [6.07, 6.45) is 0. The van der Waals surface area contributed by atoms with E-state index in [-0.39, 0.29) is 0 Å². The Labute approximate surface area is 554 Å². The van der Waals surface area contributed by atoms with Gasteiger partial charge in [0, 0.05) is 65.8 Å². The van der Waals surface area contributed by atoms with Crippen molar-refractivity contribution in [3.8, 4) is 67.3 Å². The van der Waals surface area contributed by atoms with Crippen LogP contribution in [0.15, 0.2) is 364 Å². The molecule has 96 heavy (non-hydrogen) atoms. The van der Waals surface area contributed by atoms with E-state index in [1.165, 1.54) is 176 Å². The number of benzene rings is 16. The highest BCUT2D eigenvalue weighted by Crippen LogP contribution is 2.43. The van der Waals surface area contributed by atoms with Crippen molar-refractivity contribution < 1.29 is 0 Å². The molecule has 0 aliphatic rings. The minimum absolute atomic E-state index is 1.18. The molecule has 0 saturated heterocycles. The molecule has 0 spiro atoms. The number of nitrogens with zero attached hydrogens (tertiary/aromatic N) is 4. The summed E-state index contributed by atoms with van der Waals surface area (Å²) in [7, 11) is 0. The Kier molecular flexibility index (Phi) is 12.9. The van der Waals surface area contributed by atoms with Crippen molar-refractivity contribution in [2.45, 2.75) is 0 Å². The van der Waals surface area contributed by atoms with Gasteiger partial charge in [0.05, 0.1) is 44.1 Å². The van der Waals surface area contributed by atoms with Gasteiger partial charge in [0.2, 0.25) is 0 Å². The molecule has 0 atom stereocenters. The van der Waals surface area contributed by atoms with Crippen LogP contribution in [0.25, 0.3) is 176 Å². The van der Waals surface area contributed by atoms with Crippen LogP contribution in [0.1, 0.15) is 0 Å². The number of hydrogen-bond acceptors (Lipinski definition) is 0. The first-order valence-corrected chi connectivity index (χ1v) is 33.1. The molecule has 4 heterocycles. The third-order valence-electron chi connectivity index (χ3n) is 19.8. The first-order chi connectivity index (χ1) is 47.6. The van der Waals surface area contributed by atoms with Crippen LogP contribution in [0.3, 0.4) is 0 Å². The molecule has 0 aliphatic heterocycles. The molecule has 4 heteroatoms. The molecule has 0 N–H and O–H groups in total. The van der Waals surface area contributed by atoms with Crippen molar-refractivity contribution in [2.75, 3.05) is 0 Å². The summed E-state index contributed by atoms with van der Waals surface area (Å²) in [4.78, 5) is 0. The van der Waals surface area contributed by atoms with E-state index in [1.807, 2.05) is 0 Å². The van der Waals surface area contributed by atoms with Gasteiger partial charge in [0.1, 0.15) is 0 Å². The number of fused-ring (bicyclic) bond motifs is 14. The molecule has 4 aromatic heterocycles. The Hall–Kier alpha value is -12.8. The minimum Gasteiger partial charge on any atom is -0.309 e. The third kappa shape index (κ3) is 8.99. The Morgan fingerprint density at radius 3 is 0.677 bits per heavy atom. The molecule has 0 fully saturated rings. The number of aromatic nitrogens is 4. The molecule has 0 saturated carbocycles. The van der Waals surface area contributed by atoms with Gasteiger partial charge in [-0.25, -0.2) is 0 Å². The first kappa shape index (κ1) is 54.9. The van der Waals surface area contributed by atoms with Crippen molar-refractivity contribution in [3.05, 3.63) is 364 Å². The summed E-state index contributed by atoms with van der Waals surface area (Å²) >= 11 is 0. The van der Waals surface area contributed by atoms with Crippen molar-refractivity contribution >= 4 is 109 Å². The quantitative estimate of drug-likeness (QED) is 0.144. The Morgan fingerprint density at radius 2 is 0.365 bits per heavy atom. The molecule has 16 aromatic carbocycles. The van der Waals surface area contributed by atoms with Gasteiger partial charge in [-0.3, -0.25) is 0 Å². The predicted molar refractivity (Wildman–Crippen MR) is 407 cm³/mol. The molecule has 0 radical (unpaired) electrons. The second-order valence-electron chi connectivity index (χ2n) is 25.2. The van der Waals surface area contributed by atoms with Crippen LogP contribution in [-0.4, -0.2) is 18.3 Å². The summed E-state index contributed by atoms with van der Waals surface area (Å²) in [5.41, 5.74) is 24.3. The van der Waals surface area contributed by atoms with E-state index in [0.717, 1.165) is 0 Å². The molecular weight excluding hydrogens is 1160 g/mol. The molecule has 0 amide bonds. The minimum atomic E-state index is 1.18. The van der Waals surface area contributed by atoms with Crippen LogP contribution in [-0.2, 0) is 0 Å². The molecular formula is C92H60N4. The lowest BCUT2D eigenvalue weighted by molar-refractivity contribution is 1.18. The summed E-state index contributed by atoms with van der Waals surface area (Å²) in [5.74, 6) is 0. The number of hydrogen-bond donors (Lipinski definition) is 0. The van der Waals surface area contributed by atoms with Gasteiger partial charge in [0.15, 0.2) is 0 Å². The maximum absolute atomic E-state index is 2.38. The molecule has 20 aromatic rings. The van der Waals surface area contributed by atoms with E-state index >= 15 is 0 Å².